The average Bonchev–Trinajstić information content (AvgIpc) is 2.71. The van der Waals surface area contributed by atoms with Crippen molar-refractivity contribution < 1.29 is 53.8 Å². The highest BCUT2D eigenvalue weighted by molar-refractivity contribution is 7.89. The van der Waals surface area contributed by atoms with Crippen molar-refractivity contribution in [3.05, 3.63) is 0 Å². The largest absolute Gasteiger partial charge is 0.434 e. The first-order chi connectivity index (χ1) is 15.2. The van der Waals surface area contributed by atoms with Crippen LogP contribution in [0.5, 0.6) is 0 Å². The van der Waals surface area contributed by atoms with Gasteiger partial charge in [0.05, 0.1) is 24.1 Å². The smallest absolute Gasteiger partial charge is 0.426 e. The Kier molecular flexibility index (Phi) is 7.76. The number of halogens is 6. The number of sulfonamides is 1. The van der Waals surface area contributed by atoms with Gasteiger partial charge in [-0.3, -0.25) is 0 Å². The Hall–Kier alpha value is -1.32. The van der Waals surface area contributed by atoms with Crippen LogP contribution in [0, 0.1) is 0 Å². The number of hydrogen-bond donors (Lipinski definition) is 0. The molecule has 1 unspecified atom stereocenters. The van der Waals surface area contributed by atoms with Crippen LogP contribution >= 0.6 is 0 Å². The summed E-state index contributed by atoms with van der Waals surface area (Å²) in [5, 5.41) is 0. The fraction of sp³-hybridized carbons (Fsp3) is 0.944. The van der Waals surface area contributed by atoms with Gasteiger partial charge in [0, 0.05) is 32.8 Å². The van der Waals surface area contributed by atoms with E-state index in [2.05, 4.69) is 4.74 Å². The fourth-order valence-electron chi connectivity index (χ4n) is 4.22. The topological polar surface area (TPSA) is 85.4 Å². The molecule has 3 heterocycles. The SMILES string of the molecule is O=C(OC(C(F)(F)F)C(F)(F)F)N1CCC2(CC1)CN(S(=O)(=O)CC1CCCCO1)CCO2. The second kappa shape index (κ2) is 9.74. The molecule has 0 radical (unpaired) electrons. The summed E-state index contributed by atoms with van der Waals surface area (Å²) in [6.45, 7) is 0.226. The molecule has 0 saturated carbocycles. The van der Waals surface area contributed by atoms with E-state index in [1.807, 2.05) is 0 Å². The van der Waals surface area contributed by atoms with Crippen LogP contribution in [0.1, 0.15) is 32.1 Å². The predicted octanol–water partition coefficient (Wildman–Crippen LogP) is 2.68. The zero-order valence-electron chi connectivity index (χ0n) is 17.7. The molecule has 0 aromatic carbocycles. The highest BCUT2D eigenvalue weighted by Gasteiger charge is 2.60. The molecule has 1 atom stereocenters. The van der Waals surface area contributed by atoms with Gasteiger partial charge in [-0.1, -0.05) is 0 Å². The summed E-state index contributed by atoms with van der Waals surface area (Å²) in [5.41, 5.74) is -0.983. The van der Waals surface area contributed by atoms with Crippen LogP contribution < -0.4 is 0 Å². The lowest BCUT2D eigenvalue weighted by molar-refractivity contribution is -0.308. The van der Waals surface area contributed by atoms with Gasteiger partial charge in [-0.05, 0) is 32.1 Å². The molecule has 3 rings (SSSR count). The average molecular weight is 512 g/mol. The highest BCUT2D eigenvalue weighted by Crippen LogP contribution is 2.37. The summed E-state index contributed by atoms with van der Waals surface area (Å²) in [7, 11) is -3.66. The van der Waals surface area contributed by atoms with Crippen LogP contribution in [0.25, 0.3) is 0 Å². The molecule has 3 aliphatic rings. The Balaban J connectivity index is 1.58. The van der Waals surface area contributed by atoms with Crippen molar-refractivity contribution in [1.82, 2.24) is 9.21 Å². The molecule has 33 heavy (non-hydrogen) atoms. The maximum atomic E-state index is 12.9. The van der Waals surface area contributed by atoms with Gasteiger partial charge in [-0.15, -0.1) is 0 Å². The number of morpholine rings is 1. The van der Waals surface area contributed by atoms with Crippen molar-refractivity contribution in [2.75, 3.05) is 45.1 Å². The van der Waals surface area contributed by atoms with Crippen LogP contribution in [0.3, 0.4) is 0 Å². The van der Waals surface area contributed by atoms with Crippen molar-refractivity contribution in [2.24, 2.45) is 0 Å². The standard InChI is InChI=1S/C18H26F6N2O6S/c19-17(20,21)14(18(22,23)24)32-15(27)25-6-4-16(5-7-25)12-26(8-10-31-16)33(28,29)11-13-3-1-2-9-30-13/h13-14H,1-12H2. The van der Waals surface area contributed by atoms with E-state index in [0.717, 1.165) is 17.7 Å². The van der Waals surface area contributed by atoms with E-state index in [1.165, 1.54) is 4.31 Å². The molecule has 1 amide bonds. The van der Waals surface area contributed by atoms with E-state index in [-0.39, 0.29) is 51.4 Å². The van der Waals surface area contributed by atoms with Gasteiger partial charge in [0.25, 0.3) is 6.10 Å². The molecule has 192 valence electrons. The first-order valence-corrected chi connectivity index (χ1v) is 12.2. The van der Waals surface area contributed by atoms with E-state index in [9.17, 15) is 39.6 Å². The predicted molar refractivity (Wildman–Crippen MR) is 101 cm³/mol. The summed E-state index contributed by atoms with van der Waals surface area (Å²) < 4.78 is 118. The first kappa shape index (κ1) is 26.3. The van der Waals surface area contributed by atoms with Gasteiger partial charge in [0.2, 0.25) is 10.0 Å². The number of hydrogen-bond acceptors (Lipinski definition) is 6. The van der Waals surface area contributed by atoms with Crippen molar-refractivity contribution in [1.29, 1.82) is 0 Å². The van der Waals surface area contributed by atoms with Gasteiger partial charge in [-0.25, -0.2) is 13.2 Å². The summed E-state index contributed by atoms with van der Waals surface area (Å²) in [5.74, 6) is -0.169. The zero-order valence-corrected chi connectivity index (χ0v) is 18.5. The number of carbonyl (C=O) groups excluding carboxylic acids is 1. The maximum Gasteiger partial charge on any atom is 0.434 e. The Bertz CT molecular complexity index is 777. The molecule has 0 N–H and O–H groups in total. The van der Waals surface area contributed by atoms with Gasteiger partial charge in [0.1, 0.15) is 0 Å². The minimum atomic E-state index is -5.80. The molecular formula is C18H26F6N2O6S. The molecule has 8 nitrogen and oxygen atoms in total. The van der Waals surface area contributed by atoms with Crippen molar-refractivity contribution in [2.45, 2.75) is 62.3 Å². The molecular weight excluding hydrogens is 486 g/mol. The van der Waals surface area contributed by atoms with E-state index in [1.54, 1.807) is 0 Å². The summed E-state index contributed by atoms with van der Waals surface area (Å²) in [4.78, 5) is 12.7. The lowest BCUT2D eigenvalue weighted by Gasteiger charge is -2.46. The van der Waals surface area contributed by atoms with Crippen molar-refractivity contribution in [3.63, 3.8) is 0 Å². The van der Waals surface area contributed by atoms with E-state index in [0.29, 0.717) is 13.0 Å². The second-order valence-corrected chi connectivity index (χ2v) is 10.5. The van der Waals surface area contributed by atoms with Gasteiger partial charge in [0.15, 0.2) is 0 Å². The third-order valence-electron chi connectivity index (χ3n) is 6.02. The molecule has 0 bridgehead atoms. The van der Waals surface area contributed by atoms with E-state index < -0.39 is 46.3 Å². The Morgan fingerprint density at radius 3 is 2.21 bits per heavy atom. The van der Waals surface area contributed by atoms with Crippen LogP contribution in [0.2, 0.25) is 0 Å². The summed E-state index contributed by atoms with van der Waals surface area (Å²) in [6, 6.07) is 0. The first-order valence-electron chi connectivity index (χ1n) is 10.5. The number of ether oxygens (including phenoxy) is 3. The number of likely N-dealkylation sites (tertiary alicyclic amines) is 1. The molecule has 0 aromatic rings. The Morgan fingerprint density at radius 2 is 1.67 bits per heavy atom. The van der Waals surface area contributed by atoms with Gasteiger partial charge >= 0.3 is 18.4 Å². The molecule has 0 aromatic heterocycles. The monoisotopic (exact) mass is 512 g/mol. The summed E-state index contributed by atoms with van der Waals surface area (Å²) in [6.07, 6.45) is -15.5. The van der Waals surface area contributed by atoms with Crippen LogP contribution in [0.4, 0.5) is 31.1 Å². The van der Waals surface area contributed by atoms with Crippen molar-refractivity contribution >= 4 is 16.1 Å². The lowest BCUT2D eigenvalue weighted by atomic mass is 9.90. The molecule has 3 saturated heterocycles. The zero-order chi connectivity index (χ0) is 24.5. The van der Waals surface area contributed by atoms with Crippen LogP contribution in [-0.4, -0.2) is 99.0 Å². The molecule has 1 spiro atoms. The Labute approximate surface area is 187 Å². The minimum absolute atomic E-state index is 0.0152. The van der Waals surface area contributed by atoms with Gasteiger partial charge < -0.3 is 19.1 Å². The lowest BCUT2D eigenvalue weighted by Crippen LogP contribution is -2.59. The number of carbonyl (C=O) groups is 1. The van der Waals surface area contributed by atoms with Crippen LogP contribution in [-0.2, 0) is 24.2 Å². The molecule has 3 fully saturated rings. The van der Waals surface area contributed by atoms with E-state index >= 15 is 0 Å². The van der Waals surface area contributed by atoms with Crippen molar-refractivity contribution in [3.8, 4) is 0 Å². The molecule has 15 heteroatoms. The second-order valence-electron chi connectivity index (χ2n) is 8.47. The quantitative estimate of drug-likeness (QED) is 0.539. The number of alkyl halides is 6. The van der Waals surface area contributed by atoms with E-state index in [4.69, 9.17) is 9.47 Å². The number of piperidine rings is 1. The van der Waals surface area contributed by atoms with Gasteiger partial charge in [-0.2, -0.15) is 30.6 Å². The minimum Gasteiger partial charge on any atom is -0.426 e. The number of nitrogens with zero attached hydrogens (tertiary/aromatic N) is 2. The number of amides is 1. The molecule has 0 aliphatic carbocycles. The fourth-order valence-corrected chi connectivity index (χ4v) is 5.95. The summed E-state index contributed by atoms with van der Waals surface area (Å²) >= 11 is 0. The normalized spacial score (nSPS) is 25.4. The third-order valence-corrected chi connectivity index (χ3v) is 7.91. The third kappa shape index (κ3) is 6.63. The van der Waals surface area contributed by atoms with Crippen LogP contribution in [0.15, 0.2) is 0 Å². The molecule has 3 aliphatic heterocycles. The highest BCUT2D eigenvalue weighted by atomic mass is 32.2. The Morgan fingerprint density at radius 1 is 1.03 bits per heavy atom. The maximum absolute atomic E-state index is 12.9. The number of rotatable bonds is 4.